The van der Waals surface area contributed by atoms with Crippen molar-refractivity contribution in [2.75, 3.05) is 12.3 Å². The van der Waals surface area contributed by atoms with E-state index < -0.39 is 12.5 Å². The minimum Gasteiger partial charge on any atom is -0.487 e. The largest absolute Gasteiger partial charge is 0.487 e. The molecular formula is C12H17F2NO. The van der Waals surface area contributed by atoms with E-state index in [2.05, 4.69) is 0 Å². The predicted octanol–water partition coefficient (Wildman–Crippen LogP) is 3.31. The normalized spacial score (nSPS) is 11.6. The van der Waals surface area contributed by atoms with Gasteiger partial charge in [-0.25, -0.2) is 8.78 Å². The molecule has 0 aliphatic rings. The van der Waals surface area contributed by atoms with Crippen LogP contribution in [0.15, 0.2) is 12.1 Å². The number of nitrogen functional groups attached to an aromatic ring is 1. The third-order valence-electron chi connectivity index (χ3n) is 2.52. The second-order valence-electron chi connectivity index (χ2n) is 3.97. The molecule has 2 nitrogen and oxygen atoms in total. The third-order valence-corrected chi connectivity index (χ3v) is 2.52. The molecule has 90 valence electrons. The second kappa shape index (κ2) is 4.68. The van der Waals surface area contributed by atoms with Crippen molar-refractivity contribution in [2.45, 2.75) is 33.1 Å². The summed E-state index contributed by atoms with van der Waals surface area (Å²) in [5.41, 5.74) is 7.95. The average molecular weight is 229 g/mol. The van der Waals surface area contributed by atoms with Crippen molar-refractivity contribution >= 4 is 5.69 Å². The zero-order valence-electron chi connectivity index (χ0n) is 9.81. The van der Waals surface area contributed by atoms with E-state index in [1.165, 1.54) is 6.92 Å². The third kappa shape index (κ3) is 3.08. The first-order valence-electron chi connectivity index (χ1n) is 5.23. The Morgan fingerprint density at radius 2 is 1.88 bits per heavy atom. The fraction of sp³-hybridized carbons (Fsp3) is 0.500. The fourth-order valence-electron chi connectivity index (χ4n) is 1.25. The molecule has 0 spiro atoms. The number of hydrogen-bond acceptors (Lipinski definition) is 2. The van der Waals surface area contributed by atoms with E-state index in [-0.39, 0.29) is 6.42 Å². The summed E-state index contributed by atoms with van der Waals surface area (Å²) in [6.07, 6.45) is -0.222. The lowest BCUT2D eigenvalue weighted by Crippen LogP contribution is -2.24. The van der Waals surface area contributed by atoms with Crippen LogP contribution in [0.2, 0.25) is 0 Å². The summed E-state index contributed by atoms with van der Waals surface area (Å²) in [6, 6.07) is 3.42. The molecule has 0 aromatic heterocycles. The molecular weight excluding hydrogens is 212 g/mol. The quantitative estimate of drug-likeness (QED) is 0.804. The number of alkyl halides is 2. The first kappa shape index (κ1) is 12.7. The molecule has 16 heavy (non-hydrogen) atoms. The van der Waals surface area contributed by atoms with Crippen LogP contribution in [0.3, 0.4) is 0 Å². The minimum absolute atomic E-state index is 0.222. The van der Waals surface area contributed by atoms with Crippen molar-refractivity contribution in [1.82, 2.24) is 0 Å². The van der Waals surface area contributed by atoms with Gasteiger partial charge in [0.05, 0.1) is 0 Å². The molecule has 0 unspecified atom stereocenters. The van der Waals surface area contributed by atoms with Gasteiger partial charge >= 0.3 is 0 Å². The van der Waals surface area contributed by atoms with Gasteiger partial charge in [0.15, 0.2) is 6.61 Å². The van der Waals surface area contributed by atoms with Crippen molar-refractivity contribution < 1.29 is 13.5 Å². The molecule has 0 fully saturated rings. The van der Waals surface area contributed by atoms with Gasteiger partial charge in [0, 0.05) is 12.1 Å². The number of benzene rings is 1. The number of halogens is 2. The molecule has 0 aliphatic carbocycles. The summed E-state index contributed by atoms with van der Waals surface area (Å²) < 4.78 is 31.1. The highest BCUT2D eigenvalue weighted by Gasteiger charge is 2.27. The molecule has 0 atom stereocenters. The van der Waals surface area contributed by atoms with Crippen LogP contribution in [-0.4, -0.2) is 12.5 Å². The minimum atomic E-state index is -2.78. The molecule has 0 heterocycles. The fourth-order valence-corrected chi connectivity index (χ4v) is 1.25. The maximum atomic E-state index is 13.0. The van der Waals surface area contributed by atoms with Gasteiger partial charge in [-0.05, 0) is 37.1 Å². The summed E-state index contributed by atoms with van der Waals surface area (Å²) in [5.74, 6) is -2.30. The lowest BCUT2D eigenvalue weighted by Gasteiger charge is -2.17. The highest BCUT2D eigenvalue weighted by atomic mass is 19.3. The molecule has 0 radical (unpaired) electrons. The van der Waals surface area contributed by atoms with E-state index in [9.17, 15) is 8.78 Å². The predicted molar refractivity (Wildman–Crippen MR) is 61.1 cm³/mol. The Hall–Kier alpha value is -1.32. The monoisotopic (exact) mass is 229 g/mol. The van der Waals surface area contributed by atoms with Gasteiger partial charge in [0.2, 0.25) is 0 Å². The highest BCUT2D eigenvalue weighted by Crippen LogP contribution is 2.26. The van der Waals surface area contributed by atoms with Crippen LogP contribution in [0.25, 0.3) is 0 Å². The first-order chi connectivity index (χ1) is 7.35. The van der Waals surface area contributed by atoms with Gasteiger partial charge in [0.25, 0.3) is 5.92 Å². The van der Waals surface area contributed by atoms with E-state index >= 15 is 0 Å². The topological polar surface area (TPSA) is 35.2 Å². The van der Waals surface area contributed by atoms with Gasteiger partial charge in [-0.1, -0.05) is 6.92 Å². The molecule has 1 rings (SSSR count). The van der Waals surface area contributed by atoms with E-state index in [1.807, 2.05) is 6.92 Å². The Morgan fingerprint density at radius 1 is 1.25 bits per heavy atom. The Labute approximate surface area is 94.4 Å². The lowest BCUT2D eigenvalue weighted by atomic mass is 10.1. The molecule has 0 amide bonds. The second-order valence-corrected chi connectivity index (χ2v) is 3.97. The van der Waals surface area contributed by atoms with Crippen LogP contribution in [-0.2, 0) is 0 Å². The van der Waals surface area contributed by atoms with E-state index in [4.69, 9.17) is 10.5 Å². The van der Waals surface area contributed by atoms with E-state index in [1.54, 1.807) is 19.1 Å². The molecule has 4 heteroatoms. The van der Waals surface area contributed by atoms with E-state index in [0.717, 1.165) is 11.1 Å². The van der Waals surface area contributed by atoms with Gasteiger partial charge in [-0.3, -0.25) is 0 Å². The smallest absolute Gasteiger partial charge is 0.281 e. The zero-order valence-corrected chi connectivity index (χ0v) is 9.81. The summed E-state index contributed by atoms with van der Waals surface area (Å²) in [5, 5.41) is 0. The summed E-state index contributed by atoms with van der Waals surface area (Å²) in [7, 11) is 0. The van der Waals surface area contributed by atoms with Crippen LogP contribution in [0.4, 0.5) is 14.5 Å². The van der Waals surface area contributed by atoms with Gasteiger partial charge in [0.1, 0.15) is 5.75 Å². The maximum Gasteiger partial charge on any atom is 0.281 e. The first-order valence-corrected chi connectivity index (χ1v) is 5.23. The number of nitrogens with two attached hydrogens (primary N) is 1. The van der Waals surface area contributed by atoms with Crippen LogP contribution in [0.5, 0.6) is 5.75 Å². The zero-order chi connectivity index (χ0) is 12.3. The average Bonchev–Trinajstić information content (AvgIpc) is 2.22. The van der Waals surface area contributed by atoms with Crippen LogP contribution >= 0.6 is 0 Å². The summed E-state index contributed by atoms with van der Waals surface area (Å²) in [4.78, 5) is 0. The van der Waals surface area contributed by atoms with Gasteiger partial charge in [-0.15, -0.1) is 0 Å². The molecule has 1 aromatic carbocycles. The lowest BCUT2D eigenvalue weighted by molar-refractivity contribution is -0.0437. The van der Waals surface area contributed by atoms with Crippen molar-refractivity contribution in [1.29, 1.82) is 0 Å². The Kier molecular flexibility index (Phi) is 3.73. The van der Waals surface area contributed by atoms with Crippen LogP contribution in [0, 0.1) is 13.8 Å². The molecule has 0 bridgehead atoms. The summed E-state index contributed by atoms with van der Waals surface area (Å²) >= 11 is 0. The summed E-state index contributed by atoms with van der Waals surface area (Å²) in [6.45, 7) is 4.45. The van der Waals surface area contributed by atoms with Gasteiger partial charge in [-0.2, -0.15) is 0 Å². The van der Waals surface area contributed by atoms with Crippen molar-refractivity contribution in [3.05, 3.63) is 23.3 Å². The number of hydrogen-bond donors (Lipinski definition) is 1. The van der Waals surface area contributed by atoms with Crippen molar-refractivity contribution in [3.63, 3.8) is 0 Å². The van der Waals surface area contributed by atoms with Crippen molar-refractivity contribution in [3.8, 4) is 5.75 Å². The SMILES string of the molecule is CCC(F)(F)COc1cc(C)c(N)cc1C. The Bertz CT molecular complexity index is 378. The number of ether oxygens (including phenoxy) is 1. The Morgan fingerprint density at radius 3 is 2.44 bits per heavy atom. The number of rotatable bonds is 4. The molecule has 0 saturated heterocycles. The molecule has 0 aliphatic heterocycles. The van der Waals surface area contributed by atoms with Gasteiger partial charge < -0.3 is 10.5 Å². The maximum absolute atomic E-state index is 13.0. The van der Waals surface area contributed by atoms with Crippen molar-refractivity contribution in [2.24, 2.45) is 0 Å². The molecule has 2 N–H and O–H groups in total. The highest BCUT2D eigenvalue weighted by molar-refractivity contribution is 5.53. The molecule has 0 saturated carbocycles. The van der Waals surface area contributed by atoms with Crippen LogP contribution < -0.4 is 10.5 Å². The molecule has 1 aromatic rings. The van der Waals surface area contributed by atoms with E-state index in [0.29, 0.717) is 11.4 Å². The number of aryl methyl sites for hydroxylation is 2. The number of anilines is 1. The van der Waals surface area contributed by atoms with Crippen LogP contribution in [0.1, 0.15) is 24.5 Å². The Balaban J connectivity index is 2.79. The standard InChI is InChI=1S/C12H17F2NO/c1-4-12(13,14)7-16-11-6-8(2)10(15)5-9(11)3/h5-6H,4,7,15H2,1-3H3.